The predicted octanol–water partition coefficient (Wildman–Crippen LogP) is 1.87. The summed E-state index contributed by atoms with van der Waals surface area (Å²) in [5, 5.41) is 0. The fraction of sp³-hybridized carbons (Fsp3) is 0.200. The Morgan fingerprint density at radius 1 is 1.73 bits per heavy atom. The molecule has 1 radical (unpaired) electrons. The molecule has 0 heterocycles. The number of terminal acetylenes is 1. The molecule has 0 saturated carbocycles. The normalized spacial score (nSPS) is 8.73. The second-order valence-electron chi connectivity index (χ2n) is 2.02. The number of hydrogen-bond donors (Lipinski definition) is 0. The second-order valence-corrected chi connectivity index (χ2v) is 2.02. The predicted molar refractivity (Wildman–Crippen MR) is 44.4 cm³/mol. The van der Waals surface area contributed by atoms with E-state index in [4.69, 9.17) is 11.2 Å². The Balaban J connectivity index is 2.85. The van der Waals surface area contributed by atoms with Gasteiger partial charge in [-0.1, -0.05) is 5.92 Å². The van der Waals surface area contributed by atoms with Crippen LogP contribution in [0, 0.1) is 18.4 Å². The zero-order valence-electron chi connectivity index (χ0n) is 6.42. The molecular weight excluding hydrogens is 136 g/mol. The fourth-order valence-electron chi connectivity index (χ4n) is 0.773. The van der Waals surface area contributed by atoms with Gasteiger partial charge in [-0.05, 0) is 25.1 Å². The highest BCUT2D eigenvalue weighted by Gasteiger charge is 1.91. The summed E-state index contributed by atoms with van der Waals surface area (Å²) in [6.07, 6.45) is 5.20. The Kier molecular flexibility index (Phi) is 2.57. The third-order valence-electron chi connectivity index (χ3n) is 1.24. The van der Waals surface area contributed by atoms with E-state index in [1.807, 2.05) is 13.0 Å². The molecule has 0 N–H and O–H groups in total. The van der Waals surface area contributed by atoms with Crippen molar-refractivity contribution in [2.24, 2.45) is 0 Å². The maximum absolute atomic E-state index is 5.20. The van der Waals surface area contributed by atoms with Crippen LogP contribution in [0.2, 0.25) is 0 Å². The van der Waals surface area contributed by atoms with Gasteiger partial charge in [0.15, 0.2) is 0 Å². The van der Waals surface area contributed by atoms with Crippen LogP contribution < -0.4 is 4.74 Å². The first kappa shape index (κ1) is 7.68. The summed E-state index contributed by atoms with van der Waals surface area (Å²) in [4.78, 5) is 0. The number of ether oxygens (including phenoxy) is 1. The van der Waals surface area contributed by atoms with Gasteiger partial charge in [0, 0.05) is 11.6 Å². The van der Waals surface area contributed by atoms with Crippen molar-refractivity contribution < 1.29 is 4.74 Å². The summed E-state index contributed by atoms with van der Waals surface area (Å²) in [6.45, 7) is 2.57. The zero-order chi connectivity index (χ0) is 8.10. The summed E-state index contributed by atoms with van der Waals surface area (Å²) in [5.74, 6) is 3.24. The fourth-order valence-corrected chi connectivity index (χ4v) is 0.773. The van der Waals surface area contributed by atoms with Gasteiger partial charge in [-0.3, -0.25) is 0 Å². The summed E-state index contributed by atoms with van der Waals surface area (Å²) >= 11 is 0. The smallest absolute Gasteiger partial charge is 0.128 e. The van der Waals surface area contributed by atoms with Crippen LogP contribution in [0.5, 0.6) is 5.75 Å². The SMILES string of the molecule is C#Cc1cc[c]c(OCC)c1. The van der Waals surface area contributed by atoms with Crippen LogP contribution >= 0.6 is 0 Å². The van der Waals surface area contributed by atoms with Gasteiger partial charge in [0.25, 0.3) is 0 Å². The van der Waals surface area contributed by atoms with Crippen LogP contribution in [0.4, 0.5) is 0 Å². The lowest BCUT2D eigenvalue weighted by Crippen LogP contribution is -1.91. The van der Waals surface area contributed by atoms with Crippen LogP contribution in [0.25, 0.3) is 0 Å². The van der Waals surface area contributed by atoms with Crippen LogP contribution in [0.3, 0.4) is 0 Å². The van der Waals surface area contributed by atoms with Gasteiger partial charge < -0.3 is 4.74 Å². The molecule has 0 aliphatic heterocycles. The van der Waals surface area contributed by atoms with Crippen molar-refractivity contribution in [2.75, 3.05) is 6.61 Å². The first-order valence-corrected chi connectivity index (χ1v) is 3.48. The van der Waals surface area contributed by atoms with E-state index in [1.54, 1.807) is 12.1 Å². The lowest BCUT2D eigenvalue weighted by Gasteiger charge is -2.00. The van der Waals surface area contributed by atoms with E-state index in [0.29, 0.717) is 12.4 Å². The quantitative estimate of drug-likeness (QED) is 0.577. The van der Waals surface area contributed by atoms with Gasteiger partial charge in [-0.15, -0.1) is 6.42 Å². The molecule has 0 spiro atoms. The Hall–Kier alpha value is -1.42. The van der Waals surface area contributed by atoms with Crippen molar-refractivity contribution in [1.82, 2.24) is 0 Å². The van der Waals surface area contributed by atoms with E-state index in [-0.39, 0.29) is 0 Å². The van der Waals surface area contributed by atoms with Crippen molar-refractivity contribution in [3.8, 4) is 18.1 Å². The number of benzene rings is 1. The largest absolute Gasteiger partial charge is 0.493 e. The maximum Gasteiger partial charge on any atom is 0.128 e. The Morgan fingerprint density at radius 3 is 3.18 bits per heavy atom. The van der Waals surface area contributed by atoms with Crippen molar-refractivity contribution in [2.45, 2.75) is 6.92 Å². The van der Waals surface area contributed by atoms with E-state index in [2.05, 4.69) is 12.0 Å². The maximum atomic E-state index is 5.20. The van der Waals surface area contributed by atoms with Gasteiger partial charge in [0.05, 0.1) is 6.61 Å². The number of hydrogen-bond acceptors (Lipinski definition) is 1. The molecule has 1 heteroatoms. The molecule has 0 fully saturated rings. The molecule has 0 bridgehead atoms. The third kappa shape index (κ3) is 2.01. The average Bonchev–Trinajstić information content (AvgIpc) is 2.06. The summed E-state index contributed by atoms with van der Waals surface area (Å²) in [6, 6.07) is 8.31. The van der Waals surface area contributed by atoms with Crippen LogP contribution in [0.1, 0.15) is 12.5 Å². The van der Waals surface area contributed by atoms with Crippen molar-refractivity contribution in [1.29, 1.82) is 0 Å². The molecule has 0 saturated heterocycles. The standard InChI is InChI=1S/C10H9O/c1-3-9-6-5-7-10(8-9)11-4-2/h1,5-6,8H,4H2,2H3. The van der Waals surface area contributed by atoms with Gasteiger partial charge in [-0.25, -0.2) is 0 Å². The van der Waals surface area contributed by atoms with E-state index >= 15 is 0 Å². The lowest BCUT2D eigenvalue weighted by molar-refractivity contribution is 0.339. The van der Waals surface area contributed by atoms with Crippen LogP contribution in [0.15, 0.2) is 18.2 Å². The Morgan fingerprint density at radius 2 is 2.55 bits per heavy atom. The highest BCUT2D eigenvalue weighted by molar-refractivity contribution is 5.37. The van der Waals surface area contributed by atoms with Crippen LogP contribution in [-0.4, -0.2) is 6.61 Å². The van der Waals surface area contributed by atoms with Gasteiger partial charge in [-0.2, -0.15) is 0 Å². The van der Waals surface area contributed by atoms with Crippen molar-refractivity contribution in [3.05, 3.63) is 29.8 Å². The molecule has 11 heavy (non-hydrogen) atoms. The molecular formula is C10H9O. The molecule has 1 aromatic carbocycles. The lowest BCUT2D eigenvalue weighted by atomic mass is 10.2. The zero-order valence-corrected chi connectivity index (χ0v) is 6.42. The molecule has 0 atom stereocenters. The molecule has 0 unspecified atom stereocenters. The molecule has 1 aromatic rings. The molecule has 0 aliphatic carbocycles. The molecule has 1 rings (SSSR count). The van der Waals surface area contributed by atoms with Gasteiger partial charge in [0.1, 0.15) is 5.75 Å². The number of rotatable bonds is 2. The molecule has 1 nitrogen and oxygen atoms in total. The van der Waals surface area contributed by atoms with E-state index in [0.717, 1.165) is 5.56 Å². The van der Waals surface area contributed by atoms with Crippen molar-refractivity contribution in [3.63, 3.8) is 0 Å². The topological polar surface area (TPSA) is 9.23 Å². The molecule has 0 aromatic heterocycles. The Bertz CT molecular complexity index is 270. The molecule has 0 aliphatic rings. The van der Waals surface area contributed by atoms with E-state index in [1.165, 1.54) is 0 Å². The second kappa shape index (κ2) is 3.68. The molecule has 0 amide bonds. The minimum Gasteiger partial charge on any atom is -0.493 e. The minimum atomic E-state index is 0.643. The summed E-state index contributed by atoms with van der Waals surface area (Å²) < 4.78 is 5.20. The van der Waals surface area contributed by atoms with E-state index in [9.17, 15) is 0 Å². The van der Waals surface area contributed by atoms with Crippen LogP contribution in [-0.2, 0) is 0 Å². The molecule has 55 valence electrons. The van der Waals surface area contributed by atoms with Gasteiger partial charge in [0.2, 0.25) is 0 Å². The average molecular weight is 145 g/mol. The first-order valence-electron chi connectivity index (χ1n) is 3.48. The van der Waals surface area contributed by atoms with E-state index < -0.39 is 0 Å². The summed E-state index contributed by atoms with van der Waals surface area (Å²) in [7, 11) is 0. The van der Waals surface area contributed by atoms with Crippen molar-refractivity contribution >= 4 is 0 Å². The summed E-state index contributed by atoms with van der Waals surface area (Å²) in [5.41, 5.74) is 0.826. The highest BCUT2D eigenvalue weighted by Crippen LogP contribution is 2.10. The monoisotopic (exact) mass is 145 g/mol. The third-order valence-corrected chi connectivity index (χ3v) is 1.24. The minimum absolute atomic E-state index is 0.643. The Labute approximate surface area is 67.0 Å². The first-order chi connectivity index (χ1) is 5.36. The highest BCUT2D eigenvalue weighted by atomic mass is 16.5. The van der Waals surface area contributed by atoms with Gasteiger partial charge >= 0.3 is 0 Å².